The highest BCUT2D eigenvalue weighted by Gasteiger charge is 2.25. The molecule has 0 amide bonds. The van der Waals surface area contributed by atoms with Crippen LogP contribution in [0.15, 0.2) is 35.3 Å². The maximum atomic E-state index is 5.94. The highest BCUT2D eigenvalue weighted by Crippen LogP contribution is 2.18. The molecular weight excluding hydrogens is 324 g/mol. The second-order valence-electron chi connectivity index (χ2n) is 7.78. The number of nitrogens with one attached hydrogen (secondary N) is 1. The van der Waals surface area contributed by atoms with Gasteiger partial charge in [0.05, 0.1) is 13.2 Å². The summed E-state index contributed by atoms with van der Waals surface area (Å²) < 4.78 is 5.94. The van der Waals surface area contributed by atoms with E-state index >= 15 is 0 Å². The normalized spacial score (nSPS) is 22.8. The second-order valence-corrected chi connectivity index (χ2v) is 7.78. The Morgan fingerprint density at radius 2 is 1.85 bits per heavy atom. The maximum absolute atomic E-state index is 5.94. The zero-order valence-corrected chi connectivity index (χ0v) is 16.4. The molecule has 5 nitrogen and oxygen atoms in total. The SMILES string of the molecule is CN=C(NCC1CCN(C)CC1)N1CCC(COCc2ccccc2)C1. The van der Waals surface area contributed by atoms with Crippen molar-refractivity contribution in [3.63, 3.8) is 0 Å². The number of benzene rings is 1. The standard InChI is InChI=1S/C21H34N4O/c1-22-21(23-14-18-8-11-24(2)12-9-18)25-13-10-20(15-25)17-26-16-19-6-4-3-5-7-19/h3-7,18,20H,8-17H2,1-2H3,(H,22,23). The minimum absolute atomic E-state index is 0.598. The monoisotopic (exact) mass is 358 g/mol. The van der Waals surface area contributed by atoms with E-state index in [-0.39, 0.29) is 0 Å². The van der Waals surface area contributed by atoms with Crippen LogP contribution in [-0.4, -0.2) is 69.2 Å². The Morgan fingerprint density at radius 1 is 1.12 bits per heavy atom. The molecule has 1 atom stereocenters. The van der Waals surface area contributed by atoms with Crippen LogP contribution in [0.3, 0.4) is 0 Å². The Bertz CT molecular complexity index is 554. The van der Waals surface area contributed by atoms with Crippen molar-refractivity contribution in [3.05, 3.63) is 35.9 Å². The highest BCUT2D eigenvalue weighted by atomic mass is 16.5. The van der Waals surface area contributed by atoms with Crippen molar-refractivity contribution in [2.24, 2.45) is 16.8 Å². The van der Waals surface area contributed by atoms with Crippen molar-refractivity contribution in [2.75, 3.05) is 53.4 Å². The molecule has 2 saturated heterocycles. The fourth-order valence-corrected chi connectivity index (χ4v) is 3.91. The quantitative estimate of drug-likeness (QED) is 0.626. The minimum atomic E-state index is 0.598. The number of hydrogen-bond acceptors (Lipinski definition) is 3. The van der Waals surface area contributed by atoms with Crippen LogP contribution in [0.5, 0.6) is 0 Å². The summed E-state index contributed by atoms with van der Waals surface area (Å²) in [6.07, 6.45) is 3.76. The van der Waals surface area contributed by atoms with Gasteiger partial charge >= 0.3 is 0 Å². The van der Waals surface area contributed by atoms with Crippen LogP contribution in [0, 0.1) is 11.8 Å². The van der Waals surface area contributed by atoms with E-state index in [0.29, 0.717) is 12.5 Å². The Hall–Kier alpha value is -1.59. The molecule has 26 heavy (non-hydrogen) atoms. The zero-order chi connectivity index (χ0) is 18.2. The third kappa shape index (κ3) is 5.71. The number of piperidine rings is 1. The number of rotatable bonds is 6. The van der Waals surface area contributed by atoms with E-state index in [9.17, 15) is 0 Å². The summed E-state index contributed by atoms with van der Waals surface area (Å²) in [6.45, 7) is 7.14. The fourth-order valence-electron chi connectivity index (χ4n) is 3.91. The number of ether oxygens (including phenoxy) is 1. The summed E-state index contributed by atoms with van der Waals surface area (Å²) in [5, 5.41) is 3.61. The predicted octanol–water partition coefficient (Wildman–Crippen LogP) is 2.44. The third-order valence-corrected chi connectivity index (χ3v) is 5.65. The van der Waals surface area contributed by atoms with Gasteiger partial charge in [0.25, 0.3) is 0 Å². The molecule has 1 N–H and O–H groups in total. The van der Waals surface area contributed by atoms with Gasteiger partial charge in [-0.05, 0) is 50.9 Å². The number of aliphatic imine (C=N–C) groups is 1. The maximum Gasteiger partial charge on any atom is 0.193 e. The number of nitrogens with zero attached hydrogens (tertiary/aromatic N) is 3. The molecule has 144 valence electrons. The summed E-state index contributed by atoms with van der Waals surface area (Å²) in [5.41, 5.74) is 1.25. The molecule has 0 aliphatic carbocycles. The molecule has 2 aliphatic rings. The van der Waals surface area contributed by atoms with Gasteiger partial charge < -0.3 is 19.9 Å². The molecule has 0 aromatic heterocycles. The Morgan fingerprint density at radius 3 is 2.58 bits per heavy atom. The van der Waals surface area contributed by atoms with Gasteiger partial charge in [-0.2, -0.15) is 0 Å². The Labute approximate surface area is 158 Å². The Balaban J connectivity index is 1.36. The molecule has 0 spiro atoms. The van der Waals surface area contributed by atoms with Crippen molar-refractivity contribution in [1.82, 2.24) is 15.1 Å². The molecule has 1 unspecified atom stereocenters. The second kappa shape index (κ2) is 9.93. The van der Waals surface area contributed by atoms with Gasteiger partial charge in [-0.3, -0.25) is 4.99 Å². The molecule has 0 radical (unpaired) electrons. The number of likely N-dealkylation sites (tertiary alicyclic amines) is 2. The third-order valence-electron chi connectivity index (χ3n) is 5.65. The van der Waals surface area contributed by atoms with Crippen LogP contribution in [0.1, 0.15) is 24.8 Å². The first kappa shape index (κ1) is 19.2. The molecule has 1 aromatic rings. The summed E-state index contributed by atoms with van der Waals surface area (Å²) in [7, 11) is 4.11. The van der Waals surface area contributed by atoms with E-state index in [0.717, 1.165) is 38.1 Å². The first-order chi connectivity index (χ1) is 12.7. The van der Waals surface area contributed by atoms with Gasteiger partial charge in [0.15, 0.2) is 5.96 Å². The van der Waals surface area contributed by atoms with Crippen molar-refractivity contribution in [1.29, 1.82) is 0 Å². The van der Waals surface area contributed by atoms with Crippen LogP contribution in [-0.2, 0) is 11.3 Å². The molecule has 1 aromatic carbocycles. The summed E-state index contributed by atoms with van der Waals surface area (Å²) in [5.74, 6) is 2.44. The molecule has 3 rings (SSSR count). The number of guanidine groups is 1. The van der Waals surface area contributed by atoms with Gasteiger partial charge in [-0.25, -0.2) is 0 Å². The molecule has 2 aliphatic heterocycles. The van der Waals surface area contributed by atoms with Gasteiger partial charge in [-0.15, -0.1) is 0 Å². The van der Waals surface area contributed by atoms with Crippen LogP contribution in [0.2, 0.25) is 0 Å². The topological polar surface area (TPSA) is 40.1 Å². The summed E-state index contributed by atoms with van der Waals surface area (Å²) in [4.78, 5) is 9.33. The molecule has 2 fully saturated rings. The van der Waals surface area contributed by atoms with Crippen LogP contribution >= 0.6 is 0 Å². The highest BCUT2D eigenvalue weighted by molar-refractivity contribution is 5.80. The smallest absolute Gasteiger partial charge is 0.193 e. The molecule has 0 saturated carbocycles. The summed E-state index contributed by atoms with van der Waals surface area (Å²) >= 11 is 0. The van der Waals surface area contributed by atoms with Gasteiger partial charge in [0.1, 0.15) is 0 Å². The average molecular weight is 359 g/mol. The Kier molecular flexibility index (Phi) is 7.32. The first-order valence-electron chi connectivity index (χ1n) is 10.0. The van der Waals surface area contributed by atoms with E-state index in [1.807, 2.05) is 13.1 Å². The van der Waals surface area contributed by atoms with Crippen molar-refractivity contribution < 1.29 is 4.74 Å². The lowest BCUT2D eigenvalue weighted by atomic mass is 9.97. The fraction of sp³-hybridized carbons (Fsp3) is 0.667. The average Bonchev–Trinajstić information content (AvgIpc) is 3.13. The molecule has 0 bridgehead atoms. The molecule has 5 heteroatoms. The summed E-state index contributed by atoms with van der Waals surface area (Å²) in [6, 6.07) is 10.4. The predicted molar refractivity (Wildman–Crippen MR) is 107 cm³/mol. The lowest BCUT2D eigenvalue weighted by Gasteiger charge is -2.30. The van der Waals surface area contributed by atoms with Crippen molar-refractivity contribution in [3.8, 4) is 0 Å². The lowest BCUT2D eigenvalue weighted by Crippen LogP contribution is -2.43. The number of hydrogen-bond donors (Lipinski definition) is 1. The van der Waals surface area contributed by atoms with Gasteiger partial charge in [-0.1, -0.05) is 30.3 Å². The molecule has 2 heterocycles. The van der Waals surface area contributed by atoms with E-state index in [4.69, 9.17) is 4.74 Å². The van der Waals surface area contributed by atoms with E-state index in [1.54, 1.807) is 0 Å². The molecular formula is C21H34N4O. The lowest BCUT2D eigenvalue weighted by molar-refractivity contribution is 0.0906. The largest absolute Gasteiger partial charge is 0.376 e. The van der Waals surface area contributed by atoms with Crippen LogP contribution in [0.4, 0.5) is 0 Å². The van der Waals surface area contributed by atoms with E-state index in [1.165, 1.54) is 37.9 Å². The minimum Gasteiger partial charge on any atom is -0.376 e. The zero-order valence-electron chi connectivity index (χ0n) is 16.4. The van der Waals surface area contributed by atoms with Gasteiger partial charge in [0, 0.05) is 32.6 Å². The van der Waals surface area contributed by atoms with E-state index < -0.39 is 0 Å². The van der Waals surface area contributed by atoms with Crippen LogP contribution < -0.4 is 5.32 Å². The van der Waals surface area contributed by atoms with Crippen molar-refractivity contribution >= 4 is 5.96 Å². The van der Waals surface area contributed by atoms with Crippen molar-refractivity contribution in [2.45, 2.75) is 25.9 Å². The van der Waals surface area contributed by atoms with Gasteiger partial charge in [0.2, 0.25) is 0 Å². The van der Waals surface area contributed by atoms with E-state index in [2.05, 4.69) is 51.4 Å². The first-order valence-corrected chi connectivity index (χ1v) is 10.0. The van der Waals surface area contributed by atoms with Crippen LogP contribution in [0.25, 0.3) is 0 Å².